The van der Waals surface area contributed by atoms with Gasteiger partial charge in [-0.2, -0.15) is 0 Å². The topological polar surface area (TPSA) is 104 Å². The third-order valence-electron chi connectivity index (χ3n) is 5.76. The number of ether oxygens (including phenoxy) is 2. The molecule has 0 saturated heterocycles. The van der Waals surface area contributed by atoms with Gasteiger partial charge in [-0.05, 0) is 66.4 Å². The van der Waals surface area contributed by atoms with Crippen molar-refractivity contribution in [2.75, 3.05) is 6.54 Å². The van der Waals surface area contributed by atoms with Crippen LogP contribution in [0.1, 0.15) is 79.2 Å². The van der Waals surface area contributed by atoms with E-state index in [1.54, 1.807) is 13.0 Å². The van der Waals surface area contributed by atoms with Crippen LogP contribution in [0, 0.1) is 0 Å². The average molecular weight is 522 g/mol. The van der Waals surface area contributed by atoms with Crippen molar-refractivity contribution in [2.24, 2.45) is 0 Å². The van der Waals surface area contributed by atoms with E-state index in [-0.39, 0.29) is 18.0 Å². The Hall–Kier alpha value is -3.68. The molecule has 8 nitrogen and oxygen atoms in total. The van der Waals surface area contributed by atoms with Crippen molar-refractivity contribution in [1.82, 2.24) is 15.3 Å². The molecule has 1 amide bonds. The van der Waals surface area contributed by atoms with Crippen LogP contribution >= 0.6 is 0 Å². The third-order valence-corrected chi connectivity index (χ3v) is 5.76. The van der Waals surface area contributed by atoms with Gasteiger partial charge in [0.05, 0.1) is 6.10 Å². The van der Waals surface area contributed by atoms with Crippen LogP contribution in [0.2, 0.25) is 0 Å². The maximum absolute atomic E-state index is 12.6. The largest absolute Gasteiger partial charge is 0.474 e. The van der Waals surface area contributed by atoms with Crippen molar-refractivity contribution < 1.29 is 23.5 Å². The molecule has 0 radical (unpaired) electrons. The first-order valence-corrected chi connectivity index (χ1v) is 13.3. The molecule has 0 fully saturated rings. The summed E-state index contributed by atoms with van der Waals surface area (Å²) in [5, 5.41) is 3.53. The summed E-state index contributed by atoms with van der Waals surface area (Å²) in [6, 6.07) is 9.69. The predicted octanol–water partition coefficient (Wildman–Crippen LogP) is 6.49. The van der Waals surface area contributed by atoms with E-state index in [0.29, 0.717) is 53.3 Å². The van der Waals surface area contributed by atoms with Crippen LogP contribution in [0.3, 0.4) is 0 Å². The Kier molecular flexibility index (Phi) is 10.0. The SMILES string of the molecule is CCCNC(=O)/C(C)=C/c1c(-c2ccccc2)oc2ncnc(O[C@H](C)CCCCC(=O)OC(C)(C)C)c12. The van der Waals surface area contributed by atoms with Crippen LogP contribution in [0.5, 0.6) is 5.88 Å². The van der Waals surface area contributed by atoms with Gasteiger partial charge in [0.2, 0.25) is 17.5 Å². The van der Waals surface area contributed by atoms with Crippen LogP contribution in [0.25, 0.3) is 28.5 Å². The summed E-state index contributed by atoms with van der Waals surface area (Å²) in [5.41, 5.74) is 2.01. The lowest BCUT2D eigenvalue weighted by molar-refractivity contribution is -0.155. The van der Waals surface area contributed by atoms with Gasteiger partial charge >= 0.3 is 5.97 Å². The maximum Gasteiger partial charge on any atom is 0.306 e. The fourth-order valence-electron chi connectivity index (χ4n) is 3.96. The number of aromatic nitrogens is 2. The average Bonchev–Trinajstić information content (AvgIpc) is 3.23. The van der Waals surface area contributed by atoms with Crippen LogP contribution in [0.4, 0.5) is 0 Å². The number of hydrogen-bond donors (Lipinski definition) is 1. The van der Waals surface area contributed by atoms with Crippen molar-refractivity contribution in [3.63, 3.8) is 0 Å². The molecule has 0 aliphatic carbocycles. The molecule has 0 unspecified atom stereocenters. The van der Waals surface area contributed by atoms with Crippen LogP contribution in [0.15, 0.2) is 46.6 Å². The summed E-state index contributed by atoms with van der Waals surface area (Å²) in [7, 11) is 0. The van der Waals surface area contributed by atoms with Gasteiger partial charge in [-0.25, -0.2) is 9.97 Å². The zero-order valence-electron chi connectivity index (χ0n) is 23.3. The number of benzene rings is 1. The van der Waals surface area contributed by atoms with Gasteiger partial charge in [0.15, 0.2) is 0 Å². The monoisotopic (exact) mass is 521 g/mol. The van der Waals surface area contributed by atoms with Crippen LogP contribution in [-0.4, -0.2) is 40.1 Å². The predicted molar refractivity (Wildman–Crippen MR) is 149 cm³/mol. The van der Waals surface area contributed by atoms with E-state index in [1.165, 1.54) is 6.33 Å². The first-order valence-electron chi connectivity index (χ1n) is 13.3. The van der Waals surface area contributed by atoms with E-state index in [4.69, 9.17) is 13.9 Å². The van der Waals surface area contributed by atoms with Gasteiger partial charge in [0.1, 0.15) is 23.1 Å². The number of hydrogen-bond acceptors (Lipinski definition) is 7. The molecule has 2 aromatic heterocycles. The molecule has 8 heteroatoms. The Bertz CT molecular complexity index is 1260. The molecule has 0 aliphatic rings. The van der Waals surface area contributed by atoms with E-state index in [1.807, 2.05) is 65.0 Å². The number of fused-ring (bicyclic) bond motifs is 1. The lowest BCUT2D eigenvalue weighted by Crippen LogP contribution is -2.24. The number of carbonyl (C=O) groups is 2. The number of esters is 1. The van der Waals surface area contributed by atoms with E-state index >= 15 is 0 Å². The summed E-state index contributed by atoms with van der Waals surface area (Å²) in [4.78, 5) is 33.4. The molecule has 2 heterocycles. The Morgan fingerprint density at radius 2 is 1.87 bits per heavy atom. The number of rotatable bonds is 12. The lowest BCUT2D eigenvalue weighted by Gasteiger charge is -2.19. The summed E-state index contributed by atoms with van der Waals surface area (Å²) in [6.07, 6.45) is 6.54. The van der Waals surface area contributed by atoms with E-state index in [0.717, 1.165) is 24.8 Å². The zero-order chi connectivity index (χ0) is 27.7. The standard InChI is InChI=1S/C30H39N3O5/c1-7-17-31-27(35)20(2)18-23-25-28(36-21(3)13-11-12-16-24(34)38-30(4,5)6)32-19-33-29(25)37-26(23)22-14-9-8-10-15-22/h8-10,14-15,18-19,21H,7,11-13,16-17H2,1-6H3,(H,31,35)/b20-18+/t21-/m1/s1. The molecule has 1 aromatic carbocycles. The first-order chi connectivity index (χ1) is 18.1. The van der Waals surface area contributed by atoms with Crippen LogP contribution in [-0.2, 0) is 14.3 Å². The molecule has 3 rings (SSSR count). The van der Waals surface area contributed by atoms with Crippen molar-refractivity contribution >= 4 is 29.1 Å². The smallest absolute Gasteiger partial charge is 0.306 e. The third kappa shape index (κ3) is 8.16. The second-order valence-electron chi connectivity index (χ2n) is 10.4. The molecule has 3 aromatic rings. The lowest BCUT2D eigenvalue weighted by atomic mass is 10.0. The Morgan fingerprint density at radius 3 is 2.55 bits per heavy atom. The van der Waals surface area contributed by atoms with Gasteiger partial charge in [-0.1, -0.05) is 37.3 Å². The highest BCUT2D eigenvalue weighted by Gasteiger charge is 2.22. The summed E-state index contributed by atoms with van der Waals surface area (Å²) >= 11 is 0. The van der Waals surface area contributed by atoms with Crippen molar-refractivity contribution in [2.45, 2.75) is 85.4 Å². The molecule has 1 atom stereocenters. The molecular weight excluding hydrogens is 482 g/mol. The maximum atomic E-state index is 12.6. The molecule has 1 N–H and O–H groups in total. The quantitative estimate of drug-likeness (QED) is 0.165. The molecule has 38 heavy (non-hydrogen) atoms. The van der Waals surface area contributed by atoms with Crippen molar-refractivity contribution in [3.8, 4) is 17.2 Å². The number of nitrogens with one attached hydrogen (secondary N) is 1. The fraction of sp³-hybridized carbons (Fsp3) is 0.467. The molecule has 0 aliphatic heterocycles. The minimum atomic E-state index is -0.476. The van der Waals surface area contributed by atoms with Crippen molar-refractivity contribution in [3.05, 3.63) is 47.8 Å². The summed E-state index contributed by atoms with van der Waals surface area (Å²) in [6.45, 7) is 12.0. The van der Waals surface area contributed by atoms with Gasteiger partial charge in [-0.15, -0.1) is 0 Å². The number of furan rings is 1. The van der Waals surface area contributed by atoms with Gasteiger partial charge in [-0.3, -0.25) is 9.59 Å². The normalized spacial score (nSPS) is 12.8. The zero-order valence-corrected chi connectivity index (χ0v) is 23.3. The highest BCUT2D eigenvalue weighted by molar-refractivity contribution is 6.03. The Morgan fingerprint density at radius 1 is 1.13 bits per heavy atom. The number of unbranched alkanes of at least 4 members (excludes halogenated alkanes) is 1. The number of amides is 1. The highest BCUT2D eigenvalue weighted by atomic mass is 16.6. The van der Waals surface area contributed by atoms with Gasteiger partial charge < -0.3 is 19.2 Å². The fourth-order valence-corrected chi connectivity index (χ4v) is 3.96. The minimum Gasteiger partial charge on any atom is -0.474 e. The van der Waals surface area contributed by atoms with Crippen molar-refractivity contribution in [1.29, 1.82) is 0 Å². The van der Waals surface area contributed by atoms with Gasteiger partial charge in [0.25, 0.3) is 0 Å². The number of nitrogens with zero attached hydrogens (tertiary/aromatic N) is 2. The molecule has 0 spiro atoms. The summed E-state index contributed by atoms with van der Waals surface area (Å²) < 4.78 is 17.8. The Balaban J connectivity index is 1.84. The molecule has 0 saturated carbocycles. The second-order valence-corrected chi connectivity index (χ2v) is 10.4. The van der Waals surface area contributed by atoms with E-state index in [9.17, 15) is 9.59 Å². The molecular formula is C30H39N3O5. The summed E-state index contributed by atoms with van der Waals surface area (Å²) in [5.74, 6) is 0.662. The first kappa shape index (κ1) is 28.9. The van der Waals surface area contributed by atoms with Gasteiger partial charge in [0, 0.05) is 29.7 Å². The second kappa shape index (κ2) is 13.2. The van der Waals surface area contributed by atoms with E-state index in [2.05, 4.69) is 15.3 Å². The molecule has 0 bridgehead atoms. The van der Waals surface area contributed by atoms with E-state index < -0.39 is 5.60 Å². The minimum absolute atomic E-state index is 0.141. The molecule has 204 valence electrons. The Labute approximate surface area is 224 Å². The van der Waals surface area contributed by atoms with Crippen LogP contribution < -0.4 is 10.1 Å². The number of carbonyl (C=O) groups excluding carboxylic acids is 2. The highest BCUT2D eigenvalue weighted by Crippen LogP contribution is 2.38.